The van der Waals surface area contributed by atoms with Crippen molar-refractivity contribution < 1.29 is 4.79 Å². The van der Waals surface area contributed by atoms with E-state index in [1.165, 1.54) is 24.0 Å². The molecule has 98 valence electrons. The molecule has 2 rings (SSSR count). The molecule has 0 saturated heterocycles. The first kappa shape index (κ1) is 13.1. The summed E-state index contributed by atoms with van der Waals surface area (Å²) in [6.45, 7) is 5.90. The molecule has 0 radical (unpaired) electrons. The van der Waals surface area contributed by atoms with Gasteiger partial charge in [0.05, 0.1) is 0 Å². The van der Waals surface area contributed by atoms with Gasteiger partial charge in [-0.1, -0.05) is 19.4 Å². The number of rotatable bonds is 5. The highest BCUT2D eigenvalue weighted by Gasteiger charge is 2.17. The molecular weight excluding hydrogens is 222 g/mol. The number of hydrogen-bond acceptors (Lipinski definition) is 1. The van der Waals surface area contributed by atoms with E-state index in [4.69, 9.17) is 0 Å². The smallest absolute Gasteiger partial charge is 0.253 e. The number of carbonyl (C=O) groups excluding carboxylic acids is 1. The molecule has 1 amide bonds. The van der Waals surface area contributed by atoms with Crippen LogP contribution in [0, 0.1) is 0 Å². The Morgan fingerprint density at radius 1 is 1.22 bits per heavy atom. The lowest BCUT2D eigenvalue weighted by molar-refractivity contribution is 0.0762. The van der Waals surface area contributed by atoms with Crippen molar-refractivity contribution in [2.45, 2.75) is 46.0 Å². The Morgan fingerprint density at radius 3 is 2.72 bits per heavy atom. The average molecular weight is 245 g/mol. The van der Waals surface area contributed by atoms with Gasteiger partial charge in [0, 0.05) is 18.7 Å². The van der Waals surface area contributed by atoms with E-state index in [9.17, 15) is 4.79 Å². The molecule has 1 aliphatic rings. The van der Waals surface area contributed by atoms with Crippen molar-refractivity contribution in [3.8, 4) is 0 Å². The van der Waals surface area contributed by atoms with Gasteiger partial charge in [0.15, 0.2) is 0 Å². The first-order valence-corrected chi connectivity index (χ1v) is 7.17. The third-order valence-corrected chi connectivity index (χ3v) is 3.80. The van der Waals surface area contributed by atoms with Crippen LogP contribution in [-0.4, -0.2) is 23.9 Å². The molecule has 0 fully saturated rings. The van der Waals surface area contributed by atoms with E-state index in [0.29, 0.717) is 0 Å². The third-order valence-electron chi connectivity index (χ3n) is 3.80. The van der Waals surface area contributed by atoms with Crippen molar-refractivity contribution in [3.05, 3.63) is 34.9 Å². The minimum atomic E-state index is 0.195. The molecule has 2 nitrogen and oxygen atoms in total. The molecule has 0 heterocycles. The fourth-order valence-corrected chi connectivity index (χ4v) is 2.64. The summed E-state index contributed by atoms with van der Waals surface area (Å²) in [5.74, 6) is 0.195. The number of fused-ring (bicyclic) bond motifs is 1. The topological polar surface area (TPSA) is 20.3 Å². The quantitative estimate of drug-likeness (QED) is 0.778. The molecule has 1 aromatic carbocycles. The summed E-state index contributed by atoms with van der Waals surface area (Å²) < 4.78 is 0. The zero-order valence-corrected chi connectivity index (χ0v) is 11.5. The van der Waals surface area contributed by atoms with Crippen molar-refractivity contribution in [2.24, 2.45) is 0 Å². The van der Waals surface area contributed by atoms with Crippen LogP contribution < -0.4 is 0 Å². The fraction of sp³-hybridized carbons (Fsp3) is 0.562. The van der Waals surface area contributed by atoms with Gasteiger partial charge in [0.25, 0.3) is 5.91 Å². The number of nitrogens with zero attached hydrogens (tertiary/aromatic N) is 1. The molecule has 0 aromatic heterocycles. The summed E-state index contributed by atoms with van der Waals surface area (Å²) >= 11 is 0. The molecule has 0 spiro atoms. The number of hydrogen-bond donors (Lipinski definition) is 0. The summed E-state index contributed by atoms with van der Waals surface area (Å²) in [6.07, 6.45) is 5.77. The Hall–Kier alpha value is -1.31. The van der Waals surface area contributed by atoms with Gasteiger partial charge >= 0.3 is 0 Å². The van der Waals surface area contributed by atoms with Gasteiger partial charge in [-0.15, -0.1) is 0 Å². The van der Waals surface area contributed by atoms with Crippen LogP contribution in [0.15, 0.2) is 18.2 Å². The van der Waals surface area contributed by atoms with E-state index in [0.717, 1.165) is 37.9 Å². The molecule has 0 bridgehead atoms. The zero-order chi connectivity index (χ0) is 13.0. The molecular formula is C16H23NO. The Morgan fingerprint density at radius 2 is 2.00 bits per heavy atom. The average Bonchev–Trinajstić information content (AvgIpc) is 2.86. The zero-order valence-electron chi connectivity index (χ0n) is 11.5. The lowest BCUT2D eigenvalue weighted by Crippen LogP contribution is -2.31. The van der Waals surface area contributed by atoms with Crippen molar-refractivity contribution in [1.29, 1.82) is 0 Å². The highest BCUT2D eigenvalue weighted by atomic mass is 16.2. The van der Waals surface area contributed by atoms with E-state index >= 15 is 0 Å². The lowest BCUT2D eigenvalue weighted by Gasteiger charge is -2.21. The van der Waals surface area contributed by atoms with Crippen LogP contribution >= 0.6 is 0 Å². The van der Waals surface area contributed by atoms with Gasteiger partial charge in [0.1, 0.15) is 0 Å². The number of unbranched alkanes of at least 4 members (excludes halogenated alkanes) is 1. The van der Waals surface area contributed by atoms with E-state index in [-0.39, 0.29) is 5.91 Å². The van der Waals surface area contributed by atoms with Crippen LogP contribution in [0.3, 0.4) is 0 Å². The van der Waals surface area contributed by atoms with Crippen LogP contribution in [-0.2, 0) is 12.8 Å². The van der Waals surface area contributed by atoms with Gasteiger partial charge in [-0.3, -0.25) is 4.79 Å². The Kier molecular flexibility index (Phi) is 4.40. The van der Waals surface area contributed by atoms with Crippen molar-refractivity contribution in [3.63, 3.8) is 0 Å². The maximum absolute atomic E-state index is 12.4. The van der Waals surface area contributed by atoms with Gasteiger partial charge in [0.2, 0.25) is 0 Å². The maximum Gasteiger partial charge on any atom is 0.253 e. The van der Waals surface area contributed by atoms with Gasteiger partial charge < -0.3 is 4.90 Å². The van der Waals surface area contributed by atoms with Crippen molar-refractivity contribution >= 4 is 5.91 Å². The largest absolute Gasteiger partial charge is 0.339 e. The van der Waals surface area contributed by atoms with Crippen molar-refractivity contribution in [1.82, 2.24) is 4.90 Å². The first-order valence-electron chi connectivity index (χ1n) is 7.17. The summed E-state index contributed by atoms with van der Waals surface area (Å²) in [4.78, 5) is 14.4. The summed E-state index contributed by atoms with van der Waals surface area (Å²) in [6, 6.07) is 6.25. The van der Waals surface area contributed by atoms with Crippen molar-refractivity contribution in [2.75, 3.05) is 13.1 Å². The van der Waals surface area contributed by atoms with E-state index < -0.39 is 0 Å². The molecule has 2 heteroatoms. The normalized spacial score (nSPS) is 13.4. The summed E-state index contributed by atoms with van der Waals surface area (Å²) in [7, 11) is 0. The third kappa shape index (κ3) is 2.74. The van der Waals surface area contributed by atoms with E-state index in [2.05, 4.69) is 26.0 Å². The van der Waals surface area contributed by atoms with E-state index in [1.807, 2.05) is 11.0 Å². The molecule has 1 aliphatic carbocycles. The fourth-order valence-electron chi connectivity index (χ4n) is 2.64. The van der Waals surface area contributed by atoms with Crippen LogP contribution in [0.4, 0.5) is 0 Å². The molecule has 0 saturated carbocycles. The predicted octanol–water partition coefficient (Wildman–Crippen LogP) is 3.44. The second kappa shape index (κ2) is 6.03. The number of aryl methyl sites for hydroxylation is 2. The monoisotopic (exact) mass is 245 g/mol. The van der Waals surface area contributed by atoms with Crippen LogP contribution in [0.25, 0.3) is 0 Å². The second-order valence-electron chi connectivity index (χ2n) is 5.08. The summed E-state index contributed by atoms with van der Waals surface area (Å²) in [5.41, 5.74) is 3.68. The minimum Gasteiger partial charge on any atom is -0.339 e. The SMILES string of the molecule is CCCCN(CC)C(=O)c1ccc2c(c1)CCC2. The second-order valence-corrected chi connectivity index (χ2v) is 5.08. The Balaban J connectivity index is 2.12. The molecule has 18 heavy (non-hydrogen) atoms. The minimum absolute atomic E-state index is 0.195. The molecule has 0 unspecified atom stereocenters. The van der Waals surface area contributed by atoms with Crippen LogP contribution in [0.2, 0.25) is 0 Å². The number of amides is 1. The highest BCUT2D eigenvalue weighted by Crippen LogP contribution is 2.23. The predicted molar refractivity (Wildman–Crippen MR) is 75.0 cm³/mol. The standard InChI is InChI=1S/C16H23NO/c1-3-5-11-17(4-2)16(18)15-10-9-13-7-6-8-14(13)12-15/h9-10,12H,3-8,11H2,1-2H3. The van der Waals surface area contributed by atoms with Crippen LogP contribution in [0.1, 0.15) is 54.6 Å². The van der Waals surface area contributed by atoms with Gasteiger partial charge in [-0.25, -0.2) is 0 Å². The molecule has 1 aromatic rings. The summed E-state index contributed by atoms with van der Waals surface area (Å²) in [5, 5.41) is 0. The lowest BCUT2D eigenvalue weighted by atomic mass is 10.1. The van der Waals surface area contributed by atoms with Gasteiger partial charge in [-0.05, 0) is 55.9 Å². The molecule has 0 aliphatic heterocycles. The molecule has 0 atom stereocenters. The maximum atomic E-state index is 12.4. The first-order chi connectivity index (χ1) is 8.76. The molecule has 0 N–H and O–H groups in total. The number of carbonyl (C=O) groups is 1. The van der Waals surface area contributed by atoms with Gasteiger partial charge in [-0.2, -0.15) is 0 Å². The number of benzene rings is 1. The van der Waals surface area contributed by atoms with E-state index in [1.54, 1.807) is 0 Å². The Labute approximate surface area is 110 Å². The van der Waals surface area contributed by atoms with Crippen LogP contribution in [0.5, 0.6) is 0 Å². The Bertz CT molecular complexity index is 425. The highest BCUT2D eigenvalue weighted by molar-refractivity contribution is 5.94.